The third-order valence-corrected chi connectivity index (χ3v) is 5.21. The maximum Gasteiger partial charge on any atom is 0.283 e. The van der Waals surface area contributed by atoms with E-state index in [0.29, 0.717) is 5.52 Å². The van der Waals surface area contributed by atoms with E-state index >= 15 is 0 Å². The summed E-state index contributed by atoms with van der Waals surface area (Å²) in [7, 11) is -3.67. The summed E-state index contributed by atoms with van der Waals surface area (Å²) in [5, 5.41) is 5.15. The zero-order valence-electron chi connectivity index (χ0n) is 12.2. The molecular formula is C16H16N2O2S. The van der Waals surface area contributed by atoms with Crippen LogP contribution in [0.2, 0.25) is 0 Å². The number of aryl methyl sites for hydroxylation is 3. The van der Waals surface area contributed by atoms with Crippen molar-refractivity contribution in [3.8, 4) is 0 Å². The highest BCUT2D eigenvalue weighted by Crippen LogP contribution is 2.25. The van der Waals surface area contributed by atoms with E-state index in [1.165, 1.54) is 0 Å². The maximum atomic E-state index is 12.8. The van der Waals surface area contributed by atoms with E-state index in [2.05, 4.69) is 5.10 Å². The van der Waals surface area contributed by atoms with Crippen molar-refractivity contribution in [3.05, 3.63) is 59.3 Å². The van der Waals surface area contributed by atoms with Crippen molar-refractivity contribution in [2.24, 2.45) is 0 Å². The summed E-state index contributed by atoms with van der Waals surface area (Å²) in [5.41, 5.74) is 3.38. The molecular weight excluding hydrogens is 284 g/mol. The normalized spacial score (nSPS) is 12.0. The number of benzene rings is 2. The SMILES string of the molecule is Cc1ccc(S(=O)(=O)n2nc(C)c3c(C)cccc32)cc1. The summed E-state index contributed by atoms with van der Waals surface area (Å²) in [6.45, 7) is 5.71. The third-order valence-electron chi connectivity index (χ3n) is 3.61. The van der Waals surface area contributed by atoms with E-state index in [1.807, 2.05) is 32.9 Å². The van der Waals surface area contributed by atoms with Gasteiger partial charge in [-0.3, -0.25) is 0 Å². The number of hydrogen-bond acceptors (Lipinski definition) is 3. The van der Waals surface area contributed by atoms with Gasteiger partial charge in [-0.1, -0.05) is 29.8 Å². The maximum absolute atomic E-state index is 12.8. The number of aromatic nitrogens is 2. The lowest BCUT2D eigenvalue weighted by atomic mass is 10.1. The number of fused-ring (bicyclic) bond motifs is 1. The largest absolute Gasteiger partial charge is 0.283 e. The molecule has 1 heterocycles. The molecule has 0 aliphatic rings. The van der Waals surface area contributed by atoms with Crippen LogP contribution in [0.15, 0.2) is 47.4 Å². The Hall–Kier alpha value is -2.14. The average molecular weight is 300 g/mol. The van der Waals surface area contributed by atoms with E-state index < -0.39 is 10.0 Å². The number of nitrogens with zero attached hydrogens (tertiary/aromatic N) is 2. The number of rotatable bonds is 2. The van der Waals surface area contributed by atoms with E-state index in [9.17, 15) is 8.42 Å². The Kier molecular flexibility index (Phi) is 3.10. The Balaban J connectivity index is 2.29. The molecule has 0 saturated carbocycles. The molecule has 108 valence electrons. The topological polar surface area (TPSA) is 52.0 Å². The lowest BCUT2D eigenvalue weighted by Gasteiger charge is -2.06. The molecule has 0 N–H and O–H groups in total. The minimum Gasteiger partial charge on any atom is -0.199 e. The van der Waals surface area contributed by atoms with Crippen LogP contribution in [0, 0.1) is 20.8 Å². The first-order valence-corrected chi connectivity index (χ1v) is 8.12. The molecule has 21 heavy (non-hydrogen) atoms. The zero-order chi connectivity index (χ0) is 15.2. The second-order valence-corrected chi connectivity index (χ2v) is 6.98. The molecule has 2 aromatic carbocycles. The molecule has 0 fully saturated rings. The second kappa shape index (κ2) is 4.70. The van der Waals surface area contributed by atoms with Crippen LogP contribution in [0.5, 0.6) is 0 Å². The van der Waals surface area contributed by atoms with Crippen LogP contribution in [0.1, 0.15) is 16.8 Å². The minimum absolute atomic E-state index is 0.249. The standard InChI is InChI=1S/C16H16N2O2S/c1-11-7-9-14(10-8-11)21(19,20)18-15-6-4-5-12(2)16(15)13(3)17-18/h4-10H,1-3H3. The predicted octanol–water partition coefficient (Wildman–Crippen LogP) is 3.20. The summed E-state index contributed by atoms with van der Waals surface area (Å²) in [4.78, 5) is 0.249. The monoisotopic (exact) mass is 300 g/mol. The molecule has 0 amide bonds. The fraction of sp³-hybridized carbons (Fsp3) is 0.188. The smallest absolute Gasteiger partial charge is 0.199 e. The van der Waals surface area contributed by atoms with Crippen LogP contribution >= 0.6 is 0 Å². The Morgan fingerprint density at radius 1 is 0.952 bits per heavy atom. The molecule has 0 unspecified atom stereocenters. The van der Waals surface area contributed by atoms with Crippen LogP contribution in [0.3, 0.4) is 0 Å². The molecule has 0 saturated heterocycles. The Labute approximate surface area is 124 Å². The highest BCUT2D eigenvalue weighted by Gasteiger charge is 2.22. The molecule has 0 spiro atoms. The van der Waals surface area contributed by atoms with Crippen molar-refractivity contribution >= 4 is 20.9 Å². The van der Waals surface area contributed by atoms with E-state index in [0.717, 1.165) is 26.3 Å². The lowest BCUT2D eigenvalue weighted by Crippen LogP contribution is -2.14. The first-order chi connectivity index (χ1) is 9.91. The van der Waals surface area contributed by atoms with Crippen molar-refractivity contribution in [1.29, 1.82) is 0 Å². The van der Waals surface area contributed by atoms with E-state index in [-0.39, 0.29) is 4.90 Å². The second-order valence-electron chi connectivity index (χ2n) is 5.22. The van der Waals surface area contributed by atoms with Crippen molar-refractivity contribution in [3.63, 3.8) is 0 Å². The fourth-order valence-electron chi connectivity index (χ4n) is 2.52. The van der Waals surface area contributed by atoms with Gasteiger partial charge in [0.25, 0.3) is 10.0 Å². The van der Waals surface area contributed by atoms with Gasteiger partial charge >= 0.3 is 0 Å². The first-order valence-electron chi connectivity index (χ1n) is 6.68. The molecule has 3 rings (SSSR count). The van der Waals surface area contributed by atoms with Gasteiger partial charge in [0.05, 0.1) is 16.1 Å². The summed E-state index contributed by atoms with van der Waals surface area (Å²) in [5.74, 6) is 0. The molecule has 0 radical (unpaired) electrons. The van der Waals surface area contributed by atoms with Gasteiger partial charge in [-0.05, 0) is 44.5 Å². The van der Waals surface area contributed by atoms with Gasteiger partial charge in [-0.15, -0.1) is 0 Å². The predicted molar refractivity (Wildman–Crippen MR) is 83.0 cm³/mol. The van der Waals surface area contributed by atoms with Crippen molar-refractivity contribution in [2.75, 3.05) is 0 Å². The Bertz CT molecular complexity index is 923. The quantitative estimate of drug-likeness (QED) is 0.730. The summed E-state index contributed by atoms with van der Waals surface area (Å²) in [6.07, 6.45) is 0. The minimum atomic E-state index is -3.67. The van der Waals surface area contributed by atoms with Gasteiger partial charge in [-0.2, -0.15) is 17.6 Å². The molecule has 0 aliphatic heterocycles. The third kappa shape index (κ3) is 2.14. The summed E-state index contributed by atoms with van der Waals surface area (Å²) < 4.78 is 26.7. The summed E-state index contributed by atoms with van der Waals surface area (Å²) >= 11 is 0. The molecule has 0 atom stereocenters. The van der Waals surface area contributed by atoms with Crippen LogP contribution in [-0.4, -0.2) is 17.6 Å². The van der Waals surface area contributed by atoms with Gasteiger partial charge in [0.15, 0.2) is 0 Å². The van der Waals surface area contributed by atoms with Crippen LogP contribution in [0.25, 0.3) is 10.9 Å². The van der Waals surface area contributed by atoms with E-state index in [4.69, 9.17) is 0 Å². The molecule has 4 nitrogen and oxygen atoms in total. The molecule has 0 bridgehead atoms. The molecule has 0 aliphatic carbocycles. The summed E-state index contributed by atoms with van der Waals surface area (Å²) in [6, 6.07) is 12.4. The highest BCUT2D eigenvalue weighted by atomic mass is 32.2. The van der Waals surface area contributed by atoms with E-state index in [1.54, 1.807) is 30.3 Å². The van der Waals surface area contributed by atoms with Crippen molar-refractivity contribution in [1.82, 2.24) is 9.19 Å². The van der Waals surface area contributed by atoms with Crippen LogP contribution in [0.4, 0.5) is 0 Å². The average Bonchev–Trinajstić information content (AvgIpc) is 2.79. The molecule has 1 aromatic heterocycles. The Morgan fingerprint density at radius 3 is 2.29 bits per heavy atom. The number of hydrogen-bond donors (Lipinski definition) is 0. The molecule has 3 aromatic rings. The highest BCUT2D eigenvalue weighted by molar-refractivity contribution is 7.90. The zero-order valence-corrected chi connectivity index (χ0v) is 13.0. The Morgan fingerprint density at radius 2 is 1.62 bits per heavy atom. The van der Waals surface area contributed by atoms with Crippen molar-refractivity contribution < 1.29 is 8.42 Å². The van der Waals surface area contributed by atoms with Crippen molar-refractivity contribution in [2.45, 2.75) is 25.7 Å². The fourth-order valence-corrected chi connectivity index (χ4v) is 3.84. The first kappa shape index (κ1) is 13.8. The van der Waals surface area contributed by atoms with Gasteiger partial charge in [0.2, 0.25) is 0 Å². The van der Waals surface area contributed by atoms with Gasteiger partial charge < -0.3 is 0 Å². The molecule has 5 heteroatoms. The van der Waals surface area contributed by atoms with Gasteiger partial charge in [-0.25, -0.2) is 0 Å². The lowest BCUT2D eigenvalue weighted by molar-refractivity contribution is 0.582. The van der Waals surface area contributed by atoms with Crippen LogP contribution in [-0.2, 0) is 10.0 Å². The van der Waals surface area contributed by atoms with Crippen LogP contribution < -0.4 is 0 Å². The van der Waals surface area contributed by atoms with Gasteiger partial charge in [0.1, 0.15) is 0 Å². The van der Waals surface area contributed by atoms with Gasteiger partial charge in [0, 0.05) is 5.39 Å².